The van der Waals surface area contributed by atoms with Gasteiger partial charge in [0.2, 0.25) is 11.8 Å². The zero-order valence-electron chi connectivity index (χ0n) is 18.5. The van der Waals surface area contributed by atoms with Gasteiger partial charge in [-0.25, -0.2) is 0 Å². The number of nitriles is 1. The Morgan fingerprint density at radius 1 is 1.24 bits per heavy atom. The van der Waals surface area contributed by atoms with Gasteiger partial charge in [-0.3, -0.25) is 14.4 Å². The number of carbonyl (C=O) groups is 3. The molecule has 0 spiro atoms. The lowest BCUT2D eigenvalue weighted by Gasteiger charge is -2.22. The SMILES string of the molecule is CC(C)C[C@H](NC(=O)c1cc2c(Cl)cc(Cl)cc2[nH]1)C(=O)N[C@H](C#N)CC[C@@H]1CCNC1=O. The molecule has 33 heavy (non-hydrogen) atoms. The van der Waals surface area contributed by atoms with Crippen molar-refractivity contribution in [3.63, 3.8) is 0 Å². The zero-order chi connectivity index (χ0) is 24.1. The summed E-state index contributed by atoms with van der Waals surface area (Å²) in [6, 6.07) is 5.38. The summed E-state index contributed by atoms with van der Waals surface area (Å²) in [4.78, 5) is 40.6. The number of aromatic nitrogens is 1. The summed E-state index contributed by atoms with van der Waals surface area (Å²) in [6.07, 6.45) is 2.01. The van der Waals surface area contributed by atoms with Crippen LogP contribution in [0.4, 0.5) is 0 Å². The summed E-state index contributed by atoms with van der Waals surface area (Å²) in [5.74, 6) is -0.916. The molecule has 8 nitrogen and oxygen atoms in total. The van der Waals surface area contributed by atoms with Gasteiger partial charge in [-0.05, 0) is 49.8 Å². The molecule has 2 heterocycles. The van der Waals surface area contributed by atoms with Crippen molar-refractivity contribution in [1.82, 2.24) is 20.9 Å². The second-order valence-electron chi connectivity index (χ2n) is 8.73. The Bertz CT molecular complexity index is 1090. The molecule has 1 aromatic heterocycles. The van der Waals surface area contributed by atoms with Gasteiger partial charge in [-0.15, -0.1) is 0 Å². The first kappa shape index (κ1) is 24.9. The van der Waals surface area contributed by atoms with Crippen LogP contribution < -0.4 is 16.0 Å². The van der Waals surface area contributed by atoms with E-state index < -0.39 is 23.9 Å². The average molecular weight is 492 g/mol. The topological polar surface area (TPSA) is 127 Å². The van der Waals surface area contributed by atoms with E-state index in [4.69, 9.17) is 23.2 Å². The van der Waals surface area contributed by atoms with Crippen molar-refractivity contribution in [2.75, 3.05) is 6.54 Å². The summed E-state index contributed by atoms with van der Waals surface area (Å²) < 4.78 is 0. The number of nitrogens with one attached hydrogen (secondary N) is 4. The van der Waals surface area contributed by atoms with Crippen LogP contribution in [0, 0.1) is 23.2 Å². The molecule has 1 aliphatic rings. The molecule has 2 aromatic rings. The minimum atomic E-state index is -0.825. The maximum absolute atomic E-state index is 12.9. The number of amides is 3. The van der Waals surface area contributed by atoms with Gasteiger partial charge in [0, 0.05) is 28.4 Å². The fraction of sp³-hybridized carbons (Fsp3) is 0.478. The Morgan fingerprint density at radius 3 is 2.64 bits per heavy atom. The Hall–Kier alpha value is -2.76. The number of carbonyl (C=O) groups excluding carboxylic acids is 3. The van der Waals surface area contributed by atoms with Gasteiger partial charge in [0.15, 0.2) is 0 Å². The van der Waals surface area contributed by atoms with E-state index in [1.807, 2.05) is 13.8 Å². The largest absolute Gasteiger partial charge is 0.356 e. The molecule has 4 N–H and O–H groups in total. The van der Waals surface area contributed by atoms with E-state index in [1.165, 1.54) is 0 Å². The fourth-order valence-electron chi connectivity index (χ4n) is 3.95. The summed E-state index contributed by atoms with van der Waals surface area (Å²) in [5, 5.41) is 19.2. The van der Waals surface area contributed by atoms with Gasteiger partial charge in [0.05, 0.1) is 11.1 Å². The monoisotopic (exact) mass is 491 g/mol. The Balaban J connectivity index is 1.67. The lowest BCUT2D eigenvalue weighted by molar-refractivity contribution is -0.123. The highest BCUT2D eigenvalue weighted by molar-refractivity contribution is 6.38. The number of halogens is 2. The first-order chi connectivity index (χ1) is 15.7. The predicted molar refractivity (Wildman–Crippen MR) is 127 cm³/mol. The van der Waals surface area contributed by atoms with Gasteiger partial charge in [0.25, 0.3) is 5.91 Å². The highest BCUT2D eigenvalue weighted by atomic mass is 35.5. The molecule has 3 atom stereocenters. The van der Waals surface area contributed by atoms with Crippen LogP contribution in [0.1, 0.15) is 50.0 Å². The van der Waals surface area contributed by atoms with Gasteiger partial charge in [0.1, 0.15) is 17.8 Å². The molecule has 10 heteroatoms. The molecule has 3 amide bonds. The summed E-state index contributed by atoms with van der Waals surface area (Å²) in [5.41, 5.74) is 0.864. The standard InChI is InChI=1S/C23H27Cl2N5O3/c1-12(2)7-19(22(32)28-15(11-26)4-3-13-5-6-27-21(13)31)30-23(33)20-10-16-17(25)8-14(24)9-18(16)29-20/h8-10,12-13,15,19,29H,3-7H2,1-2H3,(H,27,31)(H,28,32)(H,30,33)/t13-,15+,19+/m1/s1. The third-order valence-corrected chi connectivity index (χ3v) is 6.20. The molecule has 0 unspecified atom stereocenters. The van der Waals surface area contributed by atoms with Crippen LogP contribution in [0.2, 0.25) is 10.0 Å². The molecular formula is C23H27Cl2N5O3. The molecule has 0 saturated carbocycles. The van der Waals surface area contributed by atoms with Crippen molar-refractivity contribution in [3.8, 4) is 6.07 Å². The van der Waals surface area contributed by atoms with Crippen LogP contribution in [-0.2, 0) is 9.59 Å². The van der Waals surface area contributed by atoms with Crippen molar-refractivity contribution < 1.29 is 14.4 Å². The van der Waals surface area contributed by atoms with Crippen LogP contribution in [0.5, 0.6) is 0 Å². The van der Waals surface area contributed by atoms with Crippen molar-refractivity contribution in [1.29, 1.82) is 5.26 Å². The molecule has 0 radical (unpaired) electrons. The van der Waals surface area contributed by atoms with Crippen LogP contribution in [0.25, 0.3) is 10.9 Å². The Kier molecular flexibility index (Phi) is 8.22. The Labute approximate surface area is 202 Å². The molecular weight excluding hydrogens is 465 g/mol. The number of rotatable bonds is 9. The van der Waals surface area contributed by atoms with E-state index in [9.17, 15) is 19.6 Å². The number of H-pyrrole nitrogens is 1. The number of hydrogen-bond acceptors (Lipinski definition) is 4. The lowest BCUT2D eigenvalue weighted by atomic mass is 9.98. The van der Waals surface area contributed by atoms with Crippen LogP contribution in [0.3, 0.4) is 0 Å². The Morgan fingerprint density at radius 2 is 2.00 bits per heavy atom. The number of fused-ring (bicyclic) bond motifs is 1. The number of nitrogens with zero attached hydrogens (tertiary/aromatic N) is 1. The second-order valence-corrected chi connectivity index (χ2v) is 9.58. The lowest BCUT2D eigenvalue weighted by Crippen LogP contribution is -2.50. The molecule has 1 aliphatic heterocycles. The maximum Gasteiger partial charge on any atom is 0.268 e. The van der Waals surface area contributed by atoms with Crippen molar-refractivity contribution in [2.24, 2.45) is 11.8 Å². The van der Waals surface area contributed by atoms with E-state index in [1.54, 1.807) is 18.2 Å². The highest BCUT2D eigenvalue weighted by Gasteiger charge is 2.28. The number of aromatic amines is 1. The molecule has 176 valence electrons. The van der Waals surface area contributed by atoms with E-state index in [-0.39, 0.29) is 23.4 Å². The van der Waals surface area contributed by atoms with Crippen molar-refractivity contribution in [2.45, 2.75) is 51.6 Å². The molecule has 1 fully saturated rings. The smallest absolute Gasteiger partial charge is 0.268 e. The predicted octanol–water partition coefficient (Wildman–Crippen LogP) is 3.54. The average Bonchev–Trinajstić information content (AvgIpc) is 3.36. The van der Waals surface area contributed by atoms with Gasteiger partial charge in [-0.1, -0.05) is 37.0 Å². The molecule has 3 rings (SSSR count). The van der Waals surface area contributed by atoms with Gasteiger partial charge < -0.3 is 20.9 Å². The van der Waals surface area contributed by atoms with E-state index in [0.29, 0.717) is 46.8 Å². The third kappa shape index (κ3) is 6.40. The quantitative estimate of drug-likeness (QED) is 0.427. The minimum absolute atomic E-state index is 0.0114. The maximum atomic E-state index is 12.9. The third-order valence-electron chi connectivity index (χ3n) is 5.66. The minimum Gasteiger partial charge on any atom is -0.356 e. The van der Waals surface area contributed by atoms with Crippen molar-refractivity contribution >= 4 is 51.8 Å². The number of benzene rings is 1. The van der Waals surface area contributed by atoms with Crippen LogP contribution in [0.15, 0.2) is 18.2 Å². The summed E-state index contributed by atoms with van der Waals surface area (Å²) in [6.45, 7) is 4.52. The molecule has 1 saturated heterocycles. The van der Waals surface area contributed by atoms with Gasteiger partial charge >= 0.3 is 0 Å². The first-order valence-corrected chi connectivity index (χ1v) is 11.7. The number of hydrogen-bond donors (Lipinski definition) is 4. The fourth-order valence-corrected chi connectivity index (χ4v) is 4.50. The zero-order valence-corrected chi connectivity index (χ0v) is 20.0. The summed E-state index contributed by atoms with van der Waals surface area (Å²) >= 11 is 12.2. The van der Waals surface area contributed by atoms with E-state index in [2.05, 4.69) is 27.0 Å². The molecule has 0 bridgehead atoms. The van der Waals surface area contributed by atoms with E-state index in [0.717, 1.165) is 6.42 Å². The van der Waals surface area contributed by atoms with E-state index >= 15 is 0 Å². The summed E-state index contributed by atoms with van der Waals surface area (Å²) in [7, 11) is 0. The van der Waals surface area contributed by atoms with Gasteiger partial charge in [-0.2, -0.15) is 5.26 Å². The first-order valence-electron chi connectivity index (χ1n) is 10.9. The van der Waals surface area contributed by atoms with Crippen molar-refractivity contribution in [3.05, 3.63) is 33.9 Å². The van der Waals surface area contributed by atoms with Crippen LogP contribution >= 0.6 is 23.2 Å². The molecule has 0 aliphatic carbocycles. The second kappa shape index (κ2) is 10.9. The normalized spacial score (nSPS) is 17.5. The highest BCUT2D eigenvalue weighted by Crippen LogP contribution is 2.28. The molecule has 1 aromatic carbocycles. The van der Waals surface area contributed by atoms with Crippen LogP contribution in [-0.4, -0.2) is 41.3 Å².